The number of ether oxygens (including phenoxy) is 1. The topological polar surface area (TPSA) is 71.5 Å². The van der Waals surface area contributed by atoms with E-state index in [0.717, 1.165) is 18.5 Å². The fourth-order valence-corrected chi connectivity index (χ4v) is 1.81. The number of aromatic nitrogens is 1. The molecule has 5 nitrogen and oxygen atoms in total. The van der Waals surface area contributed by atoms with Crippen LogP contribution >= 0.6 is 0 Å². The van der Waals surface area contributed by atoms with Gasteiger partial charge in [-0.1, -0.05) is 0 Å². The predicted molar refractivity (Wildman–Crippen MR) is 62.6 cm³/mol. The van der Waals surface area contributed by atoms with Gasteiger partial charge in [-0.05, 0) is 25.0 Å². The highest BCUT2D eigenvalue weighted by Gasteiger charge is 2.23. The Balaban J connectivity index is 1.97. The third-order valence-electron chi connectivity index (χ3n) is 2.67. The largest absolute Gasteiger partial charge is 0.396 e. The van der Waals surface area contributed by atoms with Gasteiger partial charge >= 0.3 is 0 Å². The SMILES string of the molecule is O=C(Nc1ccnc(CCO)c1)C1CCCO1. The average Bonchev–Trinajstić information content (AvgIpc) is 2.83. The Morgan fingerprint density at radius 3 is 3.24 bits per heavy atom. The van der Waals surface area contributed by atoms with Crippen molar-refractivity contribution in [2.24, 2.45) is 0 Å². The smallest absolute Gasteiger partial charge is 0.253 e. The summed E-state index contributed by atoms with van der Waals surface area (Å²) in [5, 5.41) is 11.6. The number of nitrogens with zero attached hydrogens (tertiary/aromatic N) is 1. The van der Waals surface area contributed by atoms with E-state index in [-0.39, 0.29) is 18.6 Å². The first-order valence-electron chi connectivity index (χ1n) is 5.78. The van der Waals surface area contributed by atoms with Crippen molar-refractivity contribution in [2.45, 2.75) is 25.4 Å². The third-order valence-corrected chi connectivity index (χ3v) is 2.67. The number of hydrogen-bond donors (Lipinski definition) is 2. The summed E-state index contributed by atoms with van der Waals surface area (Å²) in [7, 11) is 0. The summed E-state index contributed by atoms with van der Waals surface area (Å²) < 4.78 is 5.30. The molecule has 2 rings (SSSR count). The van der Waals surface area contributed by atoms with Crippen LogP contribution in [0.5, 0.6) is 0 Å². The number of rotatable bonds is 4. The number of carbonyl (C=O) groups excluding carboxylic acids is 1. The summed E-state index contributed by atoms with van der Waals surface area (Å²) in [6.07, 6.45) is 3.49. The molecule has 0 aliphatic carbocycles. The first kappa shape index (κ1) is 12.0. The third kappa shape index (κ3) is 3.25. The molecule has 5 heteroatoms. The number of aliphatic hydroxyl groups excluding tert-OH is 1. The molecule has 1 aliphatic heterocycles. The van der Waals surface area contributed by atoms with Gasteiger partial charge in [-0.2, -0.15) is 0 Å². The molecular formula is C12H16N2O3. The zero-order valence-corrected chi connectivity index (χ0v) is 9.56. The maximum absolute atomic E-state index is 11.8. The van der Waals surface area contributed by atoms with Crippen molar-refractivity contribution >= 4 is 11.6 Å². The van der Waals surface area contributed by atoms with Gasteiger partial charge in [0, 0.05) is 37.2 Å². The van der Waals surface area contributed by atoms with Crippen LogP contribution in [0.4, 0.5) is 5.69 Å². The molecule has 2 N–H and O–H groups in total. The molecule has 0 bridgehead atoms. The summed E-state index contributed by atoms with van der Waals surface area (Å²) in [5.41, 5.74) is 1.46. The van der Waals surface area contributed by atoms with Crippen LogP contribution in [0.2, 0.25) is 0 Å². The number of pyridine rings is 1. The van der Waals surface area contributed by atoms with Crippen molar-refractivity contribution in [3.05, 3.63) is 24.0 Å². The second kappa shape index (κ2) is 5.75. The van der Waals surface area contributed by atoms with Crippen molar-refractivity contribution in [3.8, 4) is 0 Å². The summed E-state index contributed by atoms with van der Waals surface area (Å²) >= 11 is 0. The summed E-state index contributed by atoms with van der Waals surface area (Å²) in [5.74, 6) is -0.108. The van der Waals surface area contributed by atoms with Crippen molar-refractivity contribution in [3.63, 3.8) is 0 Å². The van der Waals surface area contributed by atoms with Gasteiger partial charge < -0.3 is 15.2 Å². The zero-order chi connectivity index (χ0) is 12.1. The van der Waals surface area contributed by atoms with Crippen LogP contribution in [0.25, 0.3) is 0 Å². The van der Waals surface area contributed by atoms with Crippen molar-refractivity contribution in [2.75, 3.05) is 18.5 Å². The van der Waals surface area contributed by atoms with E-state index in [1.54, 1.807) is 18.3 Å². The Morgan fingerprint density at radius 2 is 2.53 bits per heavy atom. The molecule has 0 saturated carbocycles. The van der Waals surface area contributed by atoms with Gasteiger partial charge in [0.2, 0.25) is 0 Å². The van der Waals surface area contributed by atoms with Gasteiger partial charge in [-0.3, -0.25) is 9.78 Å². The molecule has 1 fully saturated rings. The lowest BCUT2D eigenvalue weighted by Crippen LogP contribution is -2.26. The number of carbonyl (C=O) groups is 1. The highest BCUT2D eigenvalue weighted by atomic mass is 16.5. The second-order valence-electron chi connectivity index (χ2n) is 4.00. The molecule has 2 heterocycles. The molecular weight excluding hydrogens is 220 g/mol. The number of nitrogens with one attached hydrogen (secondary N) is 1. The minimum Gasteiger partial charge on any atom is -0.396 e. The molecule has 0 radical (unpaired) electrons. The van der Waals surface area contributed by atoms with Crippen LogP contribution in [-0.2, 0) is 16.0 Å². The van der Waals surface area contributed by atoms with E-state index in [0.29, 0.717) is 18.7 Å². The molecule has 17 heavy (non-hydrogen) atoms. The number of amides is 1. The van der Waals surface area contributed by atoms with Crippen LogP contribution in [0.3, 0.4) is 0 Å². The number of aliphatic hydroxyl groups is 1. The first-order valence-corrected chi connectivity index (χ1v) is 5.78. The quantitative estimate of drug-likeness (QED) is 0.808. The molecule has 1 aliphatic rings. The second-order valence-corrected chi connectivity index (χ2v) is 4.00. The number of anilines is 1. The Bertz CT molecular complexity index is 389. The maximum Gasteiger partial charge on any atom is 0.253 e. The van der Waals surface area contributed by atoms with Gasteiger partial charge in [0.15, 0.2) is 0 Å². The summed E-state index contributed by atoms with van der Waals surface area (Å²) in [4.78, 5) is 15.9. The van der Waals surface area contributed by atoms with E-state index in [9.17, 15) is 4.79 Å². The van der Waals surface area contributed by atoms with Crippen molar-refractivity contribution < 1.29 is 14.6 Å². The molecule has 1 atom stereocenters. The van der Waals surface area contributed by atoms with E-state index < -0.39 is 0 Å². The monoisotopic (exact) mass is 236 g/mol. The standard InChI is InChI=1S/C12H16N2O3/c15-6-4-9-8-10(3-5-13-9)14-12(16)11-2-1-7-17-11/h3,5,8,11,15H,1-2,4,6-7H2,(H,13,14,16). The van der Waals surface area contributed by atoms with E-state index >= 15 is 0 Å². The normalized spacial score (nSPS) is 19.2. The van der Waals surface area contributed by atoms with E-state index in [1.807, 2.05) is 0 Å². The average molecular weight is 236 g/mol. The lowest BCUT2D eigenvalue weighted by molar-refractivity contribution is -0.124. The van der Waals surface area contributed by atoms with Crippen molar-refractivity contribution in [1.82, 2.24) is 4.98 Å². The van der Waals surface area contributed by atoms with Crippen molar-refractivity contribution in [1.29, 1.82) is 0 Å². The van der Waals surface area contributed by atoms with Crippen LogP contribution in [0, 0.1) is 0 Å². The molecule has 1 saturated heterocycles. The van der Waals surface area contributed by atoms with Crippen LogP contribution in [0.15, 0.2) is 18.3 Å². The van der Waals surface area contributed by atoms with Crippen LogP contribution in [0.1, 0.15) is 18.5 Å². The Labute approximate surface area is 99.8 Å². The molecule has 1 unspecified atom stereocenters. The maximum atomic E-state index is 11.8. The highest BCUT2D eigenvalue weighted by molar-refractivity contribution is 5.94. The molecule has 92 valence electrons. The van der Waals surface area contributed by atoms with Gasteiger partial charge in [0.25, 0.3) is 5.91 Å². The van der Waals surface area contributed by atoms with Gasteiger partial charge in [-0.25, -0.2) is 0 Å². The molecule has 1 aromatic heterocycles. The lowest BCUT2D eigenvalue weighted by atomic mass is 10.2. The molecule has 0 aromatic carbocycles. The van der Waals surface area contributed by atoms with Crippen LogP contribution < -0.4 is 5.32 Å². The minimum absolute atomic E-state index is 0.0517. The van der Waals surface area contributed by atoms with Crippen LogP contribution in [-0.4, -0.2) is 35.3 Å². The van der Waals surface area contributed by atoms with E-state index in [2.05, 4.69) is 10.3 Å². The van der Waals surface area contributed by atoms with E-state index in [1.165, 1.54) is 0 Å². The van der Waals surface area contributed by atoms with Gasteiger partial charge in [0.05, 0.1) is 0 Å². The Hall–Kier alpha value is -1.46. The first-order chi connectivity index (χ1) is 8.29. The predicted octanol–water partition coefficient (Wildman–Crippen LogP) is 0.734. The Morgan fingerprint density at radius 1 is 1.65 bits per heavy atom. The van der Waals surface area contributed by atoms with E-state index in [4.69, 9.17) is 9.84 Å². The van der Waals surface area contributed by atoms with Gasteiger partial charge in [-0.15, -0.1) is 0 Å². The zero-order valence-electron chi connectivity index (χ0n) is 9.56. The molecule has 0 spiro atoms. The fraction of sp³-hybridized carbons (Fsp3) is 0.500. The lowest BCUT2D eigenvalue weighted by Gasteiger charge is -2.10. The Kier molecular flexibility index (Phi) is 4.06. The highest BCUT2D eigenvalue weighted by Crippen LogP contribution is 2.15. The molecule has 1 aromatic rings. The summed E-state index contributed by atoms with van der Waals surface area (Å²) in [6.45, 7) is 0.709. The van der Waals surface area contributed by atoms with Gasteiger partial charge in [0.1, 0.15) is 6.10 Å². The summed E-state index contributed by atoms with van der Waals surface area (Å²) in [6, 6.07) is 3.50. The fourth-order valence-electron chi connectivity index (χ4n) is 1.81. The molecule has 1 amide bonds. The number of hydrogen-bond acceptors (Lipinski definition) is 4. The minimum atomic E-state index is -0.329.